The maximum Gasteiger partial charge on any atom is 0.243 e. The number of methoxy groups -OCH3 is 1. The Balaban J connectivity index is 1.91. The van der Waals surface area contributed by atoms with E-state index in [2.05, 4.69) is 15.3 Å². The van der Waals surface area contributed by atoms with E-state index in [-0.39, 0.29) is 0 Å². The Morgan fingerprint density at radius 1 is 1.17 bits per heavy atom. The fraction of sp³-hybridized carbons (Fsp3) is 0.421. The number of thioether (sulfide) groups is 1. The maximum absolute atomic E-state index is 6.31. The van der Waals surface area contributed by atoms with Gasteiger partial charge in [-0.05, 0) is 31.5 Å². The predicted octanol–water partition coefficient (Wildman–Crippen LogP) is 4.81. The van der Waals surface area contributed by atoms with Gasteiger partial charge >= 0.3 is 0 Å². The molecule has 0 N–H and O–H groups in total. The summed E-state index contributed by atoms with van der Waals surface area (Å²) in [6, 6.07) is 5.50. The molecule has 0 spiro atoms. The molecule has 2 aromatic heterocycles. The van der Waals surface area contributed by atoms with Crippen LogP contribution in [0.15, 0.2) is 29.6 Å². The number of aromatic nitrogens is 5. The summed E-state index contributed by atoms with van der Waals surface area (Å²) >= 11 is 13.9. The highest BCUT2D eigenvalue weighted by molar-refractivity contribution is 7.98. The van der Waals surface area contributed by atoms with Gasteiger partial charge in [-0.25, -0.2) is 0 Å². The van der Waals surface area contributed by atoms with Crippen LogP contribution in [0.4, 0.5) is 0 Å². The highest BCUT2D eigenvalue weighted by atomic mass is 35.5. The van der Waals surface area contributed by atoms with Gasteiger partial charge in [0.2, 0.25) is 5.88 Å². The fourth-order valence-corrected chi connectivity index (χ4v) is 4.25. The molecule has 10 heteroatoms. The van der Waals surface area contributed by atoms with Crippen molar-refractivity contribution in [1.29, 1.82) is 0 Å². The van der Waals surface area contributed by atoms with Crippen LogP contribution in [0, 0.1) is 0 Å². The molecule has 0 saturated heterocycles. The maximum atomic E-state index is 6.31. The van der Waals surface area contributed by atoms with Crippen molar-refractivity contribution in [2.45, 2.75) is 37.8 Å². The third kappa shape index (κ3) is 5.25. The normalized spacial score (nSPS) is 11.2. The van der Waals surface area contributed by atoms with Gasteiger partial charge in [-0.2, -0.15) is 0 Å². The van der Waals surface area contributed by atoms with Crippen molar-refractivity contribution in [2.75, 3.05) is 20.3 Å². The average molecular weight is 456 g/mol. The van der Waals surface area contributed by atoms with Gasteiger partial charge in [0.25, 0.3) is 0 Å². The van der Waals surface area contributed by atoms with Crippen molar-refractivity contribution in [3.63, 3.8) is 0 Å². The summed E-state index contributed by atoms with van der Waals surface area (Å²) in [5, 5.41) is 15.3. The minimum absolute atomic E-state index is 0.524. The first-order valence-corrected chi connectivity index (χ1v) is 11.0. The molecule has 0 atom stereocenters. The second-order valence-electron chi connectivity index (χ2n) is 6.11. The average Bonchev–Trinajstić information content (AvgIpc) is 3.29. The van der Waals surface area contributed by atoms with E-state index in [0.29, 0.717) is 47.3 Å². The lowest BCUT2D eigenvalue weighted by Gasteiger charge is -2.10. The van der Waals surface area contributed by atoms with Gasteiger partial charge in [0.1, 0.15) is 5.56 Å². The topological polar surface area (TPSA) is 67.0 Å². The van der Waals surface area contributed by atoms with Crippen molar-refractivity contribution in [3.05, 3.63) is 40.0 Å². The molecule has 3 rings (SSSR count). The molecule has 2 heterocycles. The second kappa shape index (κ2) is 10.3. The minimum Gasteiger partial charge on any atom is -0.476 e. The standard InChI is InChI=1S/C19H23Cl2N5O2S/c1-4-25-11-15(18(24-25)28-5-2)17-22-23-19(26(17)8-9-27-3)29-12-13-6-7-14(20)10-16(13)21/h6-7,10-11H,4-5,8-9,12H2,1-3H3. The Bertz CT molecular complexity index is 960. The molecule has 156 valence electrons. The van der Waals surface area contributed by atoms with Crippen LogP contribution >= 0.6 is 35.0 Å². The monoisotopic (exact) mass is 455 g/mol. The van der Waals surface area contributed by atoms with Crippen molar-refractivity contribution in [1.82, 2.24) is 24.5 Å². The zero-order valence-corrected chi connectivity index (χ0v) is 18.9. The number of ether oxygens (including phenoxy) is 2. The summed E-state index contributed by atoms with van der Waals surface area (Å²) in [6.07, 6.45) is 1.93. The lowest BCUT2D eigenvalue weighted by atomic mass is 10.2. The largest absolute Gasteiger partial charge is 0.476 e. The molecule has 0 radical (unpaired) electrons. The van der Waals surface area contributed by atoms with E-state index in [1.807, 2.05) is 41.4 Å². The van der Waals surface area contributed by atoms with Crippen LogP contribution in [0.5, 0.6) is 5.88 Å². The Morgan fingerprint density at radius 3 is 2.69 bits per heavy atom. The van der Waals surface area contributed by atoms with Crippen LogP contribution in [0.3, 0.4) is 0 Å². The summed E-state index contributed by atoms with van der Waals surface area (Å²) in [7, 11) is 1.67. The van der Waals surface area contributed by atoms with E-state index in [4.69, 9.17) is 32.7 Å². The molecule has 0 unspecified atom stereocenters. The molecule has 0 saturated carbocycles. The van der Waals surface area contributed by atoms with Gasteiger partial charge in [0.15, 0.2) is 11.0 Å². The van der Waals surface area contributed by atoms with Gasteiger partial charge in [-0.1, -0.05) is 41.0 Å². The van der Waals surface area contributed by atoms with E-state index in [1.165, 1.54) is 0 Å². The SMILES string of the molecule is CCOc1nn(CC)cc1-c1nnc(SCc2ccc(Cl)cc2Cl)n1CCOC. The molecule has 0 bridgehead atoms. The van der Waals surface area contributed by atoms with Crippen LogP contribution in [-0.2, 0) is 23.6 Å². The Kier molecular flexibility index (Phi) is 7.83. The van der Waals surface area contributed by atoms with Crippen LogP contribution in [0.25, 0.3) is 11.4 Å². The van der Waals surface area contributed by atoms with Gasteiger partial charge in [-0.15, -0.1) is 15.3 Å². The lowest BCUT2D eigenvalue weighted by molar-refractivity contribution is 0.185. The van der Waals surface area contributed by atoms with Crippen LogP contribution < -0.4 is 4.74 Å². The first-order valence-electron chi connectivity index (χ1n) is 9.26. The Morgan fingerprint density at radius 2 is 2.00 bits per heavy atom. The van der Waals surface area contributed by atoms with Gasteiger partial charge in [0.05, 0.1) is 19.8 Å². The number of benzene rings is 1. The second-order valence-corrected chi connectivity index (χ2v) is 7.90. The molecule has 3 aromatic rings. The molecule has 7 nitrogen and oxygen atoms in total. The summed E-state index contributed by atoms with van der Waals surface area (Å²) < 4.78 is 14.9. The molecule has 0 fully saturated rings. The van der Waals surface area contributed by atoms with Gasteiger partial charge in [0, 0.05) is 35.6 Å². The highest BCUT2D eigenvalue weighted by Crippen LogP contribution is 2.33. The van der Waals surface area contributed by atoms with E-state index >= 15 is 0 Å². The van der Waals surface area contributed by atoms with Crippen molar-refractivity contribution in [2.24, 2.45) is 0 Å². The molecular weight excluding hydrogens is 433 g/mol. The van der Waals surface area contributed by atoms with Crippen molar-refractivity contribution < 1.29 is 9.47 Å². The van der Waals surface area contributed by atoms with Crippen molar-refractivity contribution >= 4 is 35.0 Å². The predicted molar refractivity (Wildman–Crippen MR) is 116 cm³/mol. The highest BCUT2D eigenvalue weighted by Gasteiger charge is 2.21. The summed E-state index contributed by atoms with van der Waals surface area (Å²) in [5.41, 5.74) is 1.80. The number of rotatable bonds is 10. The van der Waals surface area contributed by atoms with Gasteiger partial charge < -0.3 is 9.47 Å². The zero-order chi connectivity index (χ0) is 20.8. The Labute approximate surface area is 184 Å². The summed E-state index contributed by atoms with van der Waals surface area (Å²) in [6.45, 7) is 6.37. The third-order valence-electron chi connectivity index (χ3n) is 4.18. The number of halogens is 2. The van der Waals surface area contributed by atoms with E-state index in [9.17, 15) is 0 Å². The summed E-state index contributed by atoms with van der Waals surface area (Å²) in [4.78, 5) is 0. The smallest absolute Gasteiger partial charge is 0.243 e. The van der Waals surface area contributed by atoms with E-state index < -0.39 is 0 Å². The van der Waals surface area contributed by atoms with Gasteiger partial charge in [-0.3, -0.25) is 9.25 Å². The molecule has 0 aliphatic rings. The fourth-order valence-electron chi connectivity index (χ4n) is 2.72. The third-order valence-corrected chi connectivity index (χ3v) is 5.78. The van der Waals surface area contributed by atoms with E-state index in [0.717, 1.165) is 22.8 Å². The number of hydrogen-bond acceptors (Lipinski definition) is 6. The van der Waals surface area contributed by atoms with Crippen LogP contribution in [-0.4, -0.2) is 44.9 Å². The lowest BCUT2D eigenvalue weighted by Crippen LogP contribution is -2.08. The van der Waals surface area contributed by atoms with E-state index in [1.54, 1.807) is 24.9 Å². The zero-order valence-electron chi connectivity index (χ0n) is 16.6. The van der Waals surface area contributed by atoms with Crippen LogP contribution in [0.1, 0.15) is 19.4 Å². The first kappa shape index (κ1) is 22.0. The number of nitrogens with zero attached hydrogens (tertiary/aromatic N) is 5. The number of hydrogen-bond donors (Lipinski definition) is 0. The molecule has 0 aliphatic carbocycles. The molecule has 0 amide bonds. The van der Waals surface area contributed by atoms with Crippen molar-refractivity contribution in [3.8, 4) is 17.3 Å². The first-order chi connectivity index (χ1) is 14.1. The Hall–Kier alpha value is -1.74. The number of aryl methyl sites for hydroxylation is 1. The molecular formula is C19H23Cl2N5O2S. The molecule has 29 heavy (non-hydrogen) atoms. The summed E-state index contributed by atoms with van der Waals surface area (Å²) in [5.74, 6) is 1.90. The quantitative estimate of drug-likeness (QED) is 0.408. The molecule has 1 aromatic carbocycles. The minimum atomic E-state index is 0.524. The van der Waals surface area contributed by atoms with Crippen LogP contribution in [0.2, 0.25) is 10.0 Å². The molecule has 0 aliphatic heterocycles.